The van der Waals surface area contributed by atoms with Gasteiger partial charge in [-0.05, 0) is 37.6 Å². The molecule has 0 amide bonds. The molecule has 0 saturated carbocycles. The molecule has 1 N–H and O–H groups in total. The highest BCUT2D eigenvalue weighted by molar-refractivity contribution is 6.31. The zero-order valence-electron chi connectivity index (χ0n) is 13.1. The molecule has 1 aromatic heterocycles. The van der Waals surface area contributed by atoms with Crippen molar-refractivity contribution in [3.05, 3.63) is 46.4 Å². The second-order valence-corrected chi connectivity index (χ2v) is 6.09. The molecule has 0 aliphatic carbocycles. The fraction of sp³-hybridized carbons (Fsp3) is 0.412. The largest absolute Gasteiger partial charge is 0.424 e. The molecule has 1 aliphatic heterocycles. The average Bonchev–Trinajstić information content (AvgIpc) is 3.19. The van der Waals surface area contributed by atoms with E-state index in [9.17, 15) is 0 Å². The third-order valence-corrected chi connectivity index (χ3v) is 4.49. The number of rotatable bonds is 5. The summed E-state index contributed by atoms with van der Waals surface area (Å²) in [5, 5.41) is 13.1. The first-order valence-corrected chi connectivity index (χ1v) is 8.16. The molecule has 1 unspecified atom stereocenters. The zero-order valence-corrected chi connectivity index (χ0v) is 13.8. The molecule has 23 heavy (non-hydrogen) atoms. The van der Waals surface area contributed by atoms with Crippen LogP contribution in [-0.4, -0.2) is 29.5 Å². The first-order valence-electron chi connectivity index (χ1n) is 7.79. The lowest BCUT2D eigenvalue weighted by Crippen LogP contribution is -2.31. The van der Waals surface area contributed by atoms with Gasteiger partial charge in [0.15, 0.2) is 5.89 Å². The Hall–Kier alpha value is -2.03. The van der Waals surface area contributed by atoms with Gasteiger partial charge in [0.25, 0.3) is 0 Å². The Morgan fingerprint density at radius 1 is 1.39 bits per heavy atom. The van der Waals surface area contributed by atoms with Crippen molar-refractivity contribution < 1.29 is 4.42 Å². The summed E-state index contributed by atoms with van der Waals surface area (Å²) in [5.74, 6) is 0.917. The SMILES string of the molecule is Cc1nc(C#N)c(NCC(c2ccccc2Cl)N2CCCC2)o1. The molecule has 0 bridgehead atoms. The van der Waals surface area contributed by atoms with Gasteiger partial charge >= 0.3 is 0 Å². The molecule has 1 atom stereocenters. The summed E-state index contributed by atoms with van der Waals surface area (Å²) in [6.45, 7) is 4.46. The normalized spacial score (nSPS) is 16.2. The maximum atomic E-state index is 9.13. The van der Waals surface area contributed by atoms with Crippen LogP contribution in [0.2, 0.25) is 5.02 Å². The summed E-state index contributed by atoms with van der Waals surface area (Å²) < 4.78 is 5.49. The molecule has 1 aliphatic rings. The highest BCUT2D eigenvalue weighted by Gasteiger charge is 2.25. The Labute approximate surface area is 140 Å². The minimum atomic E-state index is 0.142. The van der Waals surface area contributed by atoms with Crippen LogP contribution in [0.4, 0.5) is 5.88 Å². The summed E-state index contributed by atoms with van der Waals surface area (Å²) in [5.41, 5.74) is 1.39. The Kier molecular flexibility index (Phi) is 4.85. The highest BCUT2D eigenvalue weighted by atomic mass is 35.5. The number of hydrogen-bond donors (Lipinski definition) is 1. The zero-order chi connectivity index (χ0) is 16.2. The molecular weight excluding hydrogens is 312 g/mol. The van der Waals surface area contributed by atoms with E-state index in [0.717, 1.165) is 23.7 Å². The van der Waals surface area contributed by atoms with E-state index in [0.29, 0.717) is 24.0 Å². The second-order valence-electron chi connectivity index (χ2n) is 5.68. The molecule has 0 radical (unpaired) electrons. The van der Waals surface area contributed by atoms with Gasteiger partial charge in [-0.25, -0.2) is 4.98 Å². The van der Waals surface area contributed by atoms with Crippen LogP contribution in [0.25, 0.3) is 0 Å². The van der Waals surface area contributed by atoms with Crippen molar-refractivity contribution in [3.8, 4) is 6.07 Å². The van der Waals surface area contributed by atoms with E-state index in [-0.39, 0.29) is 6.04 Å². The predicted octanol–water partition coefficient (Wildman–Crippen LogP) is 3.76. The van der Waals surface area contributed by atoms with Gasteiger partial charge in [0.1, 0.15) is 6.07 Å². The average molecular weight is 331 g/mol. The Morgan fingerprint density at radius 3 is 2.83 bits per heavy atom. The van der Waals surface area contributed by atoms with Crippen molar-refractivity contribution in [1.82, 2.24) is 9.88 Å². The summed E-state index contributed by atoms with van der Waals surface area (Å²) in [6.07, 6.45) is 2.40. The number of aromatic nitrogens is 1. The molecule has 1 aromatic carbocycles. The van der Waals surface area contributed by atoms with E-state index < -0.39 is 0 Å². The fourth-order valence-electron chi connectivity index (χ4n) is 3.05. The number of nitrogens with zero attached hydrogens (tertiary/aromatic N) is 3. The predicted molar refractivity (Wildman–Crippen MR) is 89.4 cm³/mol. The summed E-state index contributed by atoms with van der Waals surface area (Å²) in [4.78, 5) is 6.49. The smallest absolute Gasteiger partial charge is 0.232 e. The Bertz CT molecular complexity index is 716. The van der Waals surface area contributed by atoms with E-state index in [2.05, 4.69) is 27.3 Å². The number of nitriles is 1. The lowest BCUT2D eigenvalue weighted by atomic mass is 10.1. The molecule has 0 spiro atoms. The van der Waals surface area contributed by atoms with E-state index in [4.69, 9.17) is 21.3 Å². The highest BCUT2D eigenvalue weighted by Crippen LogP contribution is 2.31. The third kappa shape index (κ3) is 3.49. The number of halogens is 1. The van der Waals surface area contributed by atoms with Crippen LogP contribution >= 0.6 is 11.6 Å². The van der Waals surface area contributed by atoms with Crippen LogP contribution in [0.5, 0.6) is 0 Å². The molecule has 1 fully saturated rings. The van der Waals surface area contributed by atoms with Gasteiger partial charge in [0, 0.05) is 18.5 Å². The Balaban J connectivity index is 1.82. The van der Waals surface area contributed by atoms with Crippen LogP contribution in [0.1, 0.15) is 36.0 Å². The standard InChI is InChI=1S/C17H19ClN4O/c1-12-21-15(10-19)17(23-12)20-11-16(22-8-4-5-9-22)13-6-2-3-7-14(13)18/h2-3,6-7,16,20H,4-5,8-9,11H2,1H3. The fourth-order valence-corrected chi connectivity index (χ4v) is 3.31. The van der Waals surface area contributed by atoms with Crippen LogP contribution in [0.15, 0.2) is 28.7 Å². The molecule has 6 heteroatoms. The van der Waals surface area contributed by atoms with Crippen molar-refractivity contribution in [2.24, 2.45) is 0 Å². The van der Waals surface area contributed by atoms with E-state index in [1.807, 2.05) is 18.2 Å². The van der Waals surface area contributed by atoms with E-state index >= 15 is 0 Å². The quantitative estimate of drug-likeness (QED) is 0.904. The van der Waals surface area contributed by atoms with Crippen molar-refractivity contribution in [3.63, 3.8) is 0 Å². The first-order chi connectivity index (χ1) is 11.2. The molecule has 1 saturated heterocycles. The summed E-state index contributed by atoms with van der Waals surface area (Å²) in [7, 11) is 0. The third-order valence-electron chi connectivity index (χ3n) is 4.14. The van der Waals surface area contributed by atoms with Crippen LogP contribution in [0, 0.1) is 18.3 Å². The van der Waals surface area contributed by atoms with Gasteiger partial charge in [-0.2, -0.15) is 5.26 Å². The Morgan fingerprint density at radius 2 is 2.13 bits per heavy atom. The van der Waals surface area contributed by atoms with Gasteiger partial charge < -0.3 is 9.73 Å². The lowest BCUT2D eigenvalue weighted by molar-refractivity contribution is 0.255. The number of benzene rings is 1. The number of likely N-dealkylation sites (tertiary alicyclic amines) is 1. The topological polar surface area (TPSA) is 65.1 Å². The van der Waals surface area contributed by atoms with E-state index in [1.54, 1.807) is 6.92 Å². The maximum absolute atomic E-state index is 9.13. The molecular formula is C17H19ClN4O. The number of oxazole rings is 1. The van der Waals surface area contributed by atoms with E-state index in [1.165, 1.54) is 12.8 Å². The van der Waals surface area contributed by atoms with Crippen LogP contribution in [0.3, 0.4) is 0 Å². The van der Waals surface area contributed by atoms with Crippen molar-refractivity contribution in [1.29, 1.82) is 5.26 Å². The maximum Gasteiger partial charge on any atom is 0.232 e. The van der Waals surface area contributed by atoms with Gasteiger partial charge in [0.2, 0.25) is 11.6 Å². The molecule has 5 nitrogen and oxygen atoms in total. The van der Waals surface area contributed by atoms with Gasteiger partial charge in [-0.1, -0.05) is 29.8 Å². The number of nitrogens with one attached hydrogen (secondary N) is 1. The van der Waals surface area contributed by atoms with Gasteiger partial charge in [0.05, 0.1) is 6.04 Å². The number of aryl methyl sites for hydroxylation is 1. The minimum absolute atomic E-state index is 0.142. The molecule has 2 aromatic rings. The molecule has 3 rings (SSSR count). The minimum Gasteiger partial charge on any atom is -0.424 e. The van der Waals surface area contributed by atoms with Crippen molar-refractivity contribution in [2.75, 3.05) is 25.0 Å². The van der Waals surface area contributed by atoms with Gasteiger partial charge in [-0.3, -0.25) is 4.90 Å². The monoisotopic (exact) mass is 330 g/mol. The second kappa shape index (κ2) is 7.03. The molecule has 2 heterocycles. The molecule has 120 valence electrons. The van der Waals surface area contributed by atoms with Crippen molar-refractivity contribution in [2.45, 2.75) is 25.8 Å². The summed E-state index contributed by atoms with van der Waals surface area (Å²) in [6, 6.07) is 10.1. The van der Waals surface area contributed by atoms with Crippen LogP contribution in [-0.2, 0) is 0 Å². The van der Waals surface area contributed by atoms with Gasteiger partial charge in [-0.15, -0.1) is 0 Å². The summed E-state index contributed by atoms with van der Waals surface area (Å²) >= 11 is 6.40. The first kappa shape index (κ1) is 15.9. The number of hydrogen-bond acceptors (Lipinski definition) is 5. The number of anilines is 1. The van der Waals surface area contributed by atoms with Crippen LogP contribution < -0.4 is 5.32 Å². The lowest BCUT2D eigenvalue weighted by Gasteiger charge is -2.28. The van der Waals surface area contributed by atoms with Crippen molar-refractivity contribution >= 4 is 17.5 Å².